The molecule has 0 unspecified atom stereocenters. The zero-order valence-corrected chi connectivity index (χ0v) is 8.92. The van der Waals surface area contributed by atoms with Crippen LogP contribution in [0.1, 0.15) is 0 Å². The van der Waals surface area contributed by atoms with Crippen molar-refractivity contribution in [2.45, 2.75) is 0 Å². The highest BCUT2D eigenvalue weighted by Crippen LogP contribution is 2.05. The Morgan fingerprint density at radius 2 is 1.64 bits per heavy atom. The molecule has 0 saturated carbocycles. The lowest BCUT2D eigenvalue weighted by atomic mass is 11.3. The van der Waals surface area contributed by atoms with Gasteiger partial charge in [-0.05, 0) is 0 Å². The fraction of sp³-hybridized carbons (Fsp3) is 0.600. The topological polar surface area (TPSA) is 36.9 Å². The van der Waals surface area contributed by atoms with Gasteiger partial charge in [-0.1, -0.05) is 5.70 Å². The highest BCUT2D eigenvalue weighted by molar-refractivity contribution is 6.61. The molecule has 0 aliphatic heterocycles. The maximum Gasteiger partial charge on any atom is 0.668 e. The van der Waals surface area contributed by atoms with Crippen LogP contribution in [0.3, 0.4) is 0 Å². The van der Waals surface area contributed by atoms with Crippen molar-refractivity contribution in [2.24, 2.45) is 0 Å². The van der Waals surface area contributed by atoms with Crippen LogP contribution in [0.5, 0.6) is 0 Å². The van der Waals surface area contributed by atoms with E-state index in [0.29, 0.717) is 0 Å². The van der Waals surface area contributed by atoms with E-state index in [0.717, 1.165) is 0 Å². The van der Waals surface area contributed by atoms with E-state index in [2.05, 4.69) is 6.58 Å². The zero-order chi connectivity index (χ0) is 8.74. The summed E-state index contributed by atoms with van der Waals surface area (Å²) in [5.74, 6) is 0. The van der Waals surface area contributed by atoms with Gasteiger partial charge < -0.3 is 17.4 Å². The van der Waals surface area contributed by atoms with E-state index in [4.69, 9.17) is 17.4 Å². The second kappa shape index (κ2) is 5.64. The molecule has 0 fully saturated rings. The molecule has 0 saturated heterocycles. The molecule has 0 bridgehead atoms. The van der Waals surface area contributed by atoms with Crippen molar-refractivity contribution >= 4 is 18.8 Å². The van der Waals surface area contributed by atoms with Crippen LogP contribution in [0.15, 0.2) is 12.3 Å². The SMILES string of the molecule is C=C[Si]O[Si](OC)(OC)OC. The van der Waals surface area contributed by atoms with Crippen molar-refractivity contribution in [3.63, 3.8) is 0 Å². The van der Waals surface area contributed by atoms with Crippen LogP contribution in [0, 0.1) is 0 Å². The van der Waals surface area contributed by atoms with Crippen LogP contribution in [0.4, 0.5) is 0 Å². The molecule has 0 rings (SSSR count). The van der Waals surface area contributed by atoms with Gasteiger partial charge in [0, 0.05) is 21.3 Å². The standard InChI is InChI=1S/C5H12O4Si2/c1-5-10-9-11(6-2,7-3)8-4/h5H,1H2,2-4H3. The Bertz CT molecular complexity index is 107. The van der Waals surface area contributed by atoms with Gasteiger partial charge in [-0.15, -0.1) is 6.58 Å². The quantitative estimate of drug-likeness (QED) is 0.561. The zero-order valence-electron chi connectivity index (χ0n) is 6.92. The molecule has 0 amide bonds. The van der Waals surface area contributed by atoms with Gasteiger partial charge in [-0.2, -0.15) is 0 Å². The summed E-state index contributed by atoms with van der Waals surface area (Å²) in [5, 5.41) is 0. The Morgan fingerprint density at radius 1 is 1.18 bits per heavy atom. The molecular weight excluding hydrogens is 180 g/mol. The fourth-order valence-electron chi connectivity index (χ4n) is 0.489. The highest BCUT2D eigenvalue weighted by atomic mass is 28.4. The van der Waals surface area contributed by atoms with Crippen LogP contribution < -0.4 is 0 Å². The summed E-state index contributed by atoms with van der Waals surface area (Å²) in [6.45, 7) is 3.51. The third-order valence-electron chi connectivity index (χ3n) is 1.02. The van der Waals surface area contributed by atoms with Gasteiger partial charge in [0.1, 0.15) is 0 Å². The van der Waals surface area contributed by atoms with Crippen LogP contribution in [0.25, 0.3) is 0 Å². The average Bonchev–Trinajstić information content (AvgIpc) is 2.08. The van der Waals surface area contributed by atoms with E-state index in [9.17, 15) is 0 Å². The summed E-state index contributed by atoms with van der Waals surface area (Å²) in [6.07, 6.45) is 0. The Morgan fingerprint density at radius 3 is 1.91 bits per heavy atom. The van der Waals surface area contributed by atoms with Gasteiger partial charge in [0.2, 0.25) is 0 Å². The first kappa shape index (κ1) is 11.0. The molecule has 0 aliphatic carbocycles. The first-order valence-corrected chi connectivity index (χ1v) is 5.56. The molecule has 0 heterocycles. The number of hydrogen-bond donors (Lipinski definition) is 0. The van der Waals surface area contributed by atoms with Crippen molar-refractivity contribution in [3.8, 4) is 0 Å². The fourth-order valence-corrected chi connectivity index (χ4v) is 2.90. The van der Waals surface area contributed by atoms with Crippen LogP contribution in [-0.4, -0.2) is 40.1 Å². The Labute approximate surface area is 70.5 Å². The maximum absolute atomic E-state index is 5.21. The lowest BCUT2D eigenvalue weighted by molar-refractivity contribution is 0.0531. The Kier molecular flexibility index (Phi) is 5.64. The third-order valence-corrected chi connectivity index (χ3v) is 4.16. The summed E-state index contributed by atoms with van der Waals surface area (Å²) >= 11 is 0. The van der Waals surface area contributed by atoms with E-state index in [-0.39, 0.29) is 9.76 Å². The smallest absolute Gasteiger partial charge is 0.389 e. The van der Waals surface area contributed by atoms with Crippen molar-refractivity contribution < 1.29 is 17.4 Å². The molecule has 0 aromatic carbocycles. The second-order valence-corrected chi connectivity index (χ2v) is 5.22. The molecule has 0 aliphatic rings. The minimum Gasteiger partial charge on any atom is -0.389 e. The highest BCUT2D eigenvalue weighted by Gasteiger charge is 2.41. The van der Waals surface area contributed by atoms with E-state index < -0.39 is 9.05 Å². The second-order valence-electron chi connectivity index (χ2n) is 1.54. The van der Waals surface area contributed by atoms with Crippen LogP contribution in [0.2, 0.25) is 0 Å². The summed E-state index contributed by atoms with van der Waals surface area (Å²) in [4.78, 5) is 0. The first-order chi connectivity index (χ1) is 5.24. The van der Waals surface area contributed by atoms with Gasteiger partial charge in [0.05, 0.1) is 0 Å². The molecule has 2 radical (unpaired) electrons. The van der Waals surface area contributed by atoms with Crippen molar-refractivity contribution in [1.82, 2.24) is 0 Å². The molecule has 0 atom stereocenters. The van der Waals surface area contributed by atoms with Gasteiger partial charge in [0.25, 0.3) is 9.76 Å². The lowest BCUT2D eigenvalue weighted by Gasteiger charge is -2.21. The summed E-state index contributed by atoms with van der Waals surface area (Å²) in [5.41, 5.74) is 1.64. The summed E-state index contributed by atoms with van der Waals surface area (Å²) in [7, 11) is 1.82. The van der Waals surface area contributed by atoms with Gasteiger partial charge >= 0.3 is 9.05 Å². The molecule has 6 heteroatoms. The van der Waals surface area contributed by atoms with Gasteiger partial charge in [-0.3, -0.25) is 0 Å². The van der Waals surface area contributed by atoms with Gasteiger partial charge in [0.15, 0.2) is 0 Å². The molecule has 4 nitrogen and oxygen atoms in total. The number of rotatable bonds is 6. The molecular formula is C5H12O4Si2. The predicted molar refractivity (Wildman–Crippen MR) is 43.8 cm³/mol. The molecule has 0 aromatic heterocycles. The minimum absolute atomic E-state index is 0.137. The Balaban J connectivity index is 3.93. The van der Waals surface area contributed by atoms with E-state index in [1.165, 1.54) is 21.3 Å². The molecule has 0 aromatic rings. The Hall–Kier alpha value is 0.0138. The first-order valence-electron chi connectivity index (χ1n) is 2.94. The van der Waals surface area contributed by atoms with E-state index >= 15 is 0 Å². The predicted octanol–water partition coefficient (Wildman–Crippen LogP) is 0.140. The molecule has 64 valence electrons. The van der Waals surface area contributed by atoms with Crippen molar-refractivity contribution in [3.05, 3.63) is 12.3 Å². The van der Waals surface area contributed by atoms with Crippen molar-refractivity contribution in [1.29, 1.82) is 0 Å². The molecule has 11 heavy (non-hydrogen) atoms. The van der Waals surface area contributed by atoms with Crippen LogP contribution >= 0.6 is 0 Å². The molecule has 0 N–H and O–H groups in total. The van der Waals surface area contributed by atoms with Crippen LogP contribution in [-0.2, 0) is 17.4 Å². The van der Waals surface area contributed by atoms with E-state index in [1.807, 2.05) is 0 Å². The third kappa shape index (κ3) is 3.27. The minimum atomic E-state index is -2.80. The summed E-state index contributed by atoms with van der Waals surface area (Å²) < 4.78 is 20.1. The van der Waals surface area contributed by atoms with Gasteiger partial charge in [-0.25, -0.2) is 0 Å². The lowest BCUT2D eigenvalue weighted by Crippen LogP contribution is -2.47. The normalized spacial score (nSPS) is 11.5. The van der Waals surface area contributed by atoms with E-state index in [1.54, 1.807) is 5.70 Å². The largest absolute Gasteiger partial charge is 0.668 e. The molecule has 0 spiro atoms. The average molecular weight is 192 g/mol. The van der Waals surface area contributed by atoms with Crippen molar-refractivity contribution in [2.75, 3.05) is 21.3 Å². The summed E-state index contributed by atoms with van der Waals surface area (Å²) in [6, 6.07) is 0. The monoisotopic (exact) mass is 192 g/mol. The maximum atomic E-state index is 5.21. The number of hydrogen-bond acceptors (Lipinski definition) is 4.